The second kappa shape index (κ2) is 5.36. The molecule has 94 valence electrons. The average molecular weight is 266 g/mol. The molecular formula is C9H10N6O2S. The van der Waals surface area contributed by atoms with Crippen LogP contribution in [-0.2, 0) is 5.75 Å². The first kappa shape index (κ1) is 12.2. The number of guanidine groups is 1. The molecule has 5 N–H and O–H groups in total. The number of rotatable bonds is 3. The number of amidine groups is 1. The number of nitrogens with zero attached hydrogens (tertiary/aromatic N) is 3. The lowest BCUT2D eigenvalue weighted by Crippen LogP contribution is -2.23. The van der Waals surface area contributed by atoms with Gasteiger partial charge in [0.25, 0.3) is 5.89 Å². The topological polar surface area (TPSA) is 140 Å². The van der Waals surface area contributed by atoms with Crippen LogP contribution in [0.5, 0.6) is 0 Å². The Morgan fingerprint density at radius 2 is 2.28 bits per heavy atom. The van der Waals surface area contributed by atoms with Crippen molar-refractivity contribution in [1.82, 2.24) is 10.2 Å². The minimum atomic E-state index is -0.158. The third-order valence-electron chi connectivity index (χ3n) is 1.76. The van der Waals surface area contributed by atoms with Crippen LogP contribution in [-0.4, -0.2) is 21.3 Å². The van der Waals surface area contributed by atoms with Crippen LogP contribution in [0, 0.1) is 5.41 Å². The highest BCUT2D eigenvalue weighted by atomic mass is 32.2. The summed E-state index contributed by atoms with van der Waals surface area (Å²) in [5.41, 5.74) is 10.3. The second-order valence-corrected chi connectivity index (χ2v) is 4.07. The van der Waals surface area contributed by atoms with E-state index in [4.69, 9.17) is 25.7 Å². The predicted molar refractivity (Wildman–Crippen MR) is 66.8 cm³/mol. The van der Waals surface area contributed by atoms with Crippen LogP contribution in [0.1, 0.15) is 5.89 Å². The summed E-state index contributed by atoms with van der Waals surface area (Å²) in [6.45, 7) is 0. The summed E-state index contributed by atoms with van der Waals surface area (Å²) < 4.78 is 10.4. The van der Waals surface area contributed by atoms with E-state index >= 15 is 0 Å². The van der Waals surface area contributed by atoms with Gasteiger partial charge in [-0.05, 0) is 12.1 Å². The molecule has 0 aliphatic rings. The summed E-state index contributed by atoms with van der Waals surface area (Å²) in [5.74, 6) is 1.31. The lowest BCUT2D eigenvalue weighted by atomic mass is 10.5. The zero-order valence-corrected chi connectivity index (χ0v) is 9.98. The monoisotopic (exact) mass is 266 g/mol. The average Bonchev–Trinajstić information content (AvgIpc) is 2.96. The first-order valence-corrected chi connectivity index (χ1v) is 5.81. The van der Waals surface area contributed by atoms with Crippen molar-refractivity contribution in [3.8, 4) is 11.7 Å². The molecule has 2 aromatic rings. The Morgan fingerprint density at radius 3 is 2.94 bits per heavy atom. The zero-order valence-electron chi connectivity index (χ0n) is 9.16. The molecule has 2 aromatic heterocycles. The third-order valence-corrected chi connectivity index (χ3v) is 2.52. The molecule has 9 heteroatoms. The molecule has 0 spiro atoms. The molecular weight excluding hydrogens is 256 g/mol. The Hall–Kier alpha value is -2.29. The molecule has 0 unspecified atom stereocenters. The van der Waals surface area contributed by atoms with E-state index in [0.29, 0.717) is 23.3 Å². The number of nitrogens with two attached hydrogens (primary N) is 2. The van der Waals surface area contributed by atoms with Gasteiger partial charge in [-0.25, -0.2) is 0 Å². The minimum Gasteiger partial charge on any atom is -0.459 e. The van der Waals surface area contributed by atoms with Crippen molar-refractivity contribution in [1.29, 1.82) is 5.41 Å². The molecule has 0 saturated carbocycles. The molecule has 8 nitrogen and oxygen atoms in total. The summed E-state index contributed by atoms with van der Waals surface area (Å²) >= 11 is 1.08. The number of aromatic nitrogens is 2. The highest BCUT2D eigenvalue weighted by Gasteiger charge is 2.11. The van der Waals surface area contributed by atoms with Crippen LogP contribution < -0.4 is 11.5 Å². The molecule has 0 aliphatic heterocycles. The Morgan fingerprint density at radius 1 is 1.44 bits per heavy atom. The summed E-state index contributed by atoms with van der Waals surface area (Å²) in [5, 5.41) is 15.0. The van der Waals surface area contributed by atoms with Gasteiger partial charge in [-0.1, -0.05) is 11.8 Å². The summed E-state index contributed by atoms with van der Waals surface area (Å²) in [6.07, 6.45) is 1.52. The van der Waals surface area contributed by atoms with Crippen molar-refractivity contribution in [3.63, 3.8) is 0 Å². The highest BCUT2D eigenvalue weighted by Crippen LogP contribution is 2.20. The number of hydrogen-bond donors (Lipinski definition) is 3. The molecule has 0 aliphatic carbocycles. The van der Waals surface area contributed by atoms with Gasteiger partial charge in [-0.3, -0.25) is 5.41 Å². The van der Waals surface area contributed by atoms with Gasteiger partial charge in [0.15, 0.2) is 16.9 Å². The lowest BCUT2D eigenvalue weighted by Gasteiger charge is -1.94. The maximum absolute atomic E-state index is 7.42. The number of nitrogens with one attached hydrogen (secondary N) is 1. The van der Waals surface area contributed by atoms with Gasteiger partial charge in [0, 0.05) is 0 Å². The fraction of sp³-hybridized carbons (Fsp3) is 0.111. The van der Waals surface area contributed by atoms with Crippen LogP contribution >= 0.6 is 11.8 Å². The fourth-order valence-corrected chi connectivity index (χ4v) is 1.64. The van der Waals surface area contributed by atoms with Gasteiger partial charge >= 0.3 is 0 Å². The molecule has 0 atom stereocenters. The Bertz CT molecular complexity index is 557. The summed E-state index contributed by atoms with van der Waals surface area (Å²) in [4.78, 5) is 3.56. The standard InChI is InChI=1S/C9H10N6O2S/c10-8(11)13-9(12)18-4-6-14-15-7(17-6)5-2-1-3-16-5/h1-3H,4H2,(H5,10,11,12,13). The molecule has 0 aromatic carbocycles. The summed E-state index contributed by atoms with van der Waals surface area (Å²) in [7, 11) is 0. The van der Waals surface area contributed by atoms with Crippen molar-refractivity contribution < 1.29 is 8.83 Å². The minimum absolute atomic E-state index is 0.0206. The van der Waals surface area contributed by atoms with E-state index in [2.05, 4.69) is 15.2 Å². The molecule has 18 heavy (non-hydrogen) atoms. The number of furan rings is 1. The van der Waals surface area contributed by atoms with Crippen LogP contribution in [0.4, 0.5) is 0 Å². The first-order valence-electron chi connectivity index (χ1n) is 4.82. The van der Waals surface area contributed by atoms with Crippen molar-refractivity contribution >= 4 is 22.9 Å². The van der Waals surface area contributed by atoms with Gasteiger partial charge in [0.2, 0.25) is 5.89 Å². The molecule has 0 fully saturated rings. The second-order valence-electron chi connectivity index (χ2n) is 3.11. The molecule has 2 heterocycles. The largest absolute Gasteiger partial charge is 0.459 e. The van der Waals surface area contributed by atoms with Crippen LogP contribution in [0.2, 0.25) is 0 Å². The maximum atomic E-state index is 7.42. The van der Waals surface area contributed by atoms with Gasteiger partial charge < -0.3 is 20.3 Å². The summed E-state index contributed by atoms with van der Waals surface area (Å²) in [6, 6.07) is 3.44. The molecule has 0 amide bonds. The van der Waals surface area contributed by atoms with E-state index < -0.39 is 0 Å². The lowest BCUT2D eigenvalue weighted by molar-refractivity contribution is 0.494. The van der Waals surface area contributed by atoms with Crippen molar-refractivity contribution in [3.05, 3.63) is 24.3 Å². The van der Waals surface area contributed by atoms with Gasteiger partial charge in [0.05, 0.1) is 12.0 Å². The smallest absolute Gasteiger partial charge is 0.283 e. The van der Waals surface area contributed by atoms with Crippen LogP contribution in [0.15, 0.2) is 32.2 Å². The fourth-order valence-electron chi connectivity index (χ4n) is 1.09. The molecule has 0 bridgehead atoms. The zero-order chi connectivity index (χ0) is 13.0. The Kier molecular flexibility index (Phi) is 3.63. The van der Waals surface area contributed by atoms with Crippen molar-refractivity contribution in [2.24, 2.45) is 16.5 Å². The Balaban J connectivity index is 1.96. The number of hydrogen-bond acceptors (Lipinski definition) is 6. The highest BCUT2D eigenvalue weighted by molar-refractivity contribution is 8.13. The SMILES string of the molecule is N=C(N=C(N)N)SCc1nnc(-c2ccco2)o1. The maximum Gasteiger partial charge on any atom is 0.283 e. The van der Waals surface area contributed by atoms with Crippen molar-refractivity contribution in [2.45, 2.75) is 5.75 Å². The van der Waals surface area contributed by atoms with E-state index in [-0.39, 0.29) is 11.1 Å². The predicted octanol–water partition coefficient (Wildman–Crippen LogP) is 0.771. The van der Waals surface area contributed by atoms with Gasteiger partial charge in [-0.15, -0.1) is 10.2 Å². The van der Waals surface area contributed by atoms with E-state index in [0.717, 1.165) is 11.8 Å². The van der Waals surface area contributed by atoms with Crippen LogP contribution in [0.25, 0.3) is 11.7 Å². The normalized spacial score (nSPS) is 10.2. The van der Waals surface area contributed by atoms with E-state index in [1.54, 1.807) is 12.1 Å². The van der Waals surface area contributed by atoms with Gasteiger partial charge in [-0.2, -0.15) is 4.99 Å². The number of aliphatic imine (C=N–C) groups is 1. The van der Waals surface area contributed by atoms with E-state index in [1.807, 2.05) is 0 Å². The quantitative estimate of drug-likeness (QED) is 0.550. The third kappa shape index (κ3) is 3.10. The Labute approximate surface area is 106 Å². The van der Waals surface area contributed by atoms with Gasteiger partial charge in [0.1, 0.15) is 0 Å². The van der Waals surface area contributed by atoms with E-state index in [1.165, 1.54) is 6.26 Å². The van der Waals surface area contributed by atoms with Crippen molar-refractivity contribution in [2.75, 3.05) is 0 Å². The molecule has 2 rings (SSSR count). The number of thioether (sulfide) groups is 1. The van der Waals surface area contributed by atoms with E-state index in [9.17, 15) is 0 Å². The van der Waals surface area contributed by atoms with Crippen LogP contribution in [0.3, 0.4) is 0 Å². The molecule has 0 saturated heterocycles. The molecule has 0 radical (unpaired) electrons. The first-order chi connectivity index (χ1) is 8.65.